The van der Waals surface area contributed by atoms with E-state index in [9.17, 15) is 4.79 Å². The Morgan fingerprint density at radius 3 is 2.76 bits per heavy atom. The van der Waals surface area contributed by atoms with Crippen LogP contribution in [0.5, 0.6) is 0 Å². The second kappa shape index (κ2) is 4.37. The summed E-state index contributed by atoms with van der Waals surface area (Å²) < 4.78 is 1.54. The summed E-state index contributed by atoms with van der Waals surface area (Å²) in [5, 5.41) is 4.00. The average molecular weight is 237 g/mol. The molecule has 6 heteroatoms. The van der Waals surface area contributed by atoms with Crippen LogP contribution in [0.3, 0.4) is 0 Å². The summed E-state index contributed by atoms with van der Waals surface area (Å²) in [7, 11) is 5.82. The normalized spacial score (nSPS) is 20.2. The van der Waals surface area contributed by atoms with Gasteiger partial charge < -0.3 is 15.5 Å². The van der Waals surface area contributed by atoms with Gasteiger partial charge in [-0.25, -0.2) is 0 Å². The number of nitrogen functional groups attached to an aromatic ring is 1. The summed E-state index contributed by atoms with van der Waals surface area (Å²) in [5.41, 5.74) is 6.70. The Morgan fingerprint density at radius 2 is 2.29 bits per heavy atom. The van der Waals surface area contributed by atoms with Gasteiger partial charge in [0.25, 0.3) is 5.91 Å². The number of likely N-dealkylation sites (tertiary alicyclic amines) is 1. The van der Waals surface area contributed by atoms with Gasteiger partial charge >= 0.3 is 0 Å². The van der Waals surface area contributed by atoms with Crippen molar-refractivity contribution in [1.82, 2.24) is 19.6 Å². The summed E-state index contributed by atoms with van der Waals surface area (Å²) in [6.07, 6.45) is 2.53. The first-order valence-corrected chi connectivity index (χ1v) is 5.74. The lowest BCUT2D eigenvalue weighted by Gasteiger charge is -2.20. The number of carbonyl (C=O) groups is 1. The number of aromatic nitrogens is 2. The lowest BCUT2D eigenvalue weighted by atomic mass is 10.2. The third-order valence-electron chi connectivity index (χ3n) is 3.35. The Hall–Kier alpha value is -1.56. The Kier molecular flexibility index (Phi) is 3.06. The molecule has 0 aliphatic carbocycles. The van der Waals surface area contributed by atoms with Crippen LogP contribution in [0.4, 0.5) is 5.69 Å². The fraction of sp³-hybridized carbons (Fsp3) is 0.636. The highest BCUT2D eigenvalue weighted by atomic mass is 16.2. The molecule has 1 unspecified atom stereocenters. The Labute approximate surface area is 101 Å². The monoisotopic (exact) mass is 237 g/mol. The number of nitrogens with two attached hydrogens (primary N) is 1. The number of hydrogen-bond acceptors (Lipinski definition) is 4. The van der Waals surface area contributed by atoms with Crippen molar-refractivity contribution in [3.63, 3.8) is 0 Å². The number of amides is 1. The van der Waals surface area contributed by atoms with Crippen LogP contribution < -0.4 is 5.73 Å². The van der Waals surface area contributed by atoms with E-state index >= 15 is 0 Å². The average Bonchev–Trinajstić information content (AvgIpc) is 2.85. The van der Waals surface area contributed by atoms with Crippen molar-refractivity contribution in [1.29, 1.82) is 0 Å². The van der Waals surface area contributed by atoms with E-state index < -0.39 is 0 Å². The number of carbonyl (C=O) groups excluding carboxylic acids is 1. The zero-order valence-corrected chi connectivity index (χ0v) is 10.6. The van der Waals surface area contributed by atoms with Crippen LogP contribution in [0, 0.1) is 0 Å². The van der Waals surface area contributed by atoms with E-state index in [0.717, 1.165) is 19.5 Å². The third kappa shape index (κ3) is 2.12. The highest BCUT2D eigenvalue weighted by Gasteiger charge is 2.30. The molecule has 0 spiro atoms. The maximum Gasteiger partial charge on any atom is 0.274 e. The Bertz CT molecular complexity index is 406. The van der Waals surface area contributed by atoms with Crippen LogP contribution in [-0.2, 0) is 7.05 Å². The molecule has 1 fully saturated rings. The first-order chi connectivity index (χ1) is 8.00. The van der Waals surface area contributed by atoms with E-state index in [4.69, 9.17) is 5.73 Å². The predicted molar refractivity (Wildman–Crippen MR) is 65.6 cm³/mol. The summed E-state index contributed by atoms with van der Waals surface area (Å²) >= 11 is 0. The zero-order valence-electron chi connectivity index (χ0n) is 10.6. The molecule has 6 nitrogen and oxygen atoms in total. The molecule has 0 aromatic carbocycles. The van der Waals surface area contributed by atoms with Crippen molar-refractivity contribution in [2.45, 2.75) is 12.5 Å². The smallest absolute Gasteiger partial charge is 0.274 e. The third-order valence-corrected chi connectivity index (χ3v) is 3.35. The second-order valence-electron chi connectivity index (χ2n) is 4.73. The van der Waals surface area contributed by atoms with Gasteiger partial charge in [-0.2, -0.15) is 5.10 Å². The number of nitrogens with zero attached hydrogens (tertiary/aromatic N) is 4. The van der Waals surface area contributed by atoms with Gasteiger partial charge in [0.2, 0.25) is 0 Å². The van der Waals surface area contributed by atoms with Crippen LogP contribution in [0.1, 0.15) is 16.9 Å². The summed E-state index contributed by atoms with van der Waals surface area (Å²) in [4.78, 5) is 16.3. The van der Waals surface area contributed by atoms with E-state index in [1.54, 1.807) is 11.7 Å². The second-order valence-corrected chi connectivity index (χ2v) is 4.73. The van der Waals surface area contributed by atoms with Crippen LogP contribution in [-0.4, -0.2) is 58.7 Å². The van der Waals surface area contributed by atoms with Gasteiger partial charge in [-0.05, 0) is 20.5 Å². The SMILES string of the molecule is CN(C)C1CCN(C(=O)c2c(N)cnn2C)C1. The first kappa shape index (κ1) is 11.9. The van der Waals surface area contributed by atoms with Crippen LogP contribution in [0.15, 0.2) is 6.20 Å². The minimum atomic E-state index is -0.0214. The molecule has 17 heavy (non-hydrogen) atoms. The number of rotatable bonds is 2. The molecular formula is C11H19N5O. The van der Waals surface area contributed by atoms with Crippen molar-refractivity contribution in [3.8, 4) is 0 Å². The van der Waals surface area contributed by atoms with Crippen molar-refractivity contribution >= 4 is 11.6 Å². The Morgan fingerprint density at radius 1 is 1.59 bits per heavy atom. The summed E-state index contributed by atoms with van der Waals surface area (Å²) in [6.45, 7) is 1.54. The topological polar surface area (TPSA) is 67.4 Å². The lowest BCUT2D eigenvalue weighted by molar-refractivity contribution is 0.0773. The van der Waals surface area contributed by atoms with E-state index in [2.05, 4.69) is 10.00 Å². The lowest BCUT2D eigenvalue weighted by Crippen LogP contribution is -2.35. The van der Waals surface area contributed by atoms with E-state index in [0.29, 0.717) is 17.4 Å². The molecule has 1 aliphatic heterocycles. The summed E-state index contributed by atoms with van der Waals surface area (Å²) in [5.74, 6) is -0.0214. The van der Waals surface area contributed by atoms with Gasteiger partial charge in [-0.15, -0.1) is 0 Å². The van der Waals surface area contributed by atoms with Crippen LogP contribution in [0.2, 0.25) is 0 Å². The molecule has 0 radical (unpaired) electrons. The molecular weight excluding hydrogens is 218 g/mol. The first-order valence-electron chi connectivity index (χ1n) is 5.74. The summed E-state index contributed by atoms with van der Waals surface area (Å²) in [6, 6.07) is 0.438. The van der Waals surface area contributed by atoms with E-state index in [-0.39, 0.29) is 5.91 Å². The molecule has 1 aliphatic rings. The van der Waals surface area contributed by atoms with Crippen LogP contribution >= 0.6 is 0 Å². The quantitative estimate of drug-likeness (QED) is 0.772. The number of aryl methyl sites for hydroxylation is 1. The van der Waals surface area contributed by atoms with Crippen molar-refractivity contribution in [2.24, 2.45) is 7.05 Å². The molecule has 0 saturated carbocycles. The standard InChI is InChI=1S/C11H19N5O/c1-14(2)8-4-5-16(7-8)11(17)10-9(12)6-13-15(10)3/h6,8H,4-5,7,12H2,1-3H3. The van der Waals surface area contributed by atoms with Gasteiger partial charge in [-0.3, -0.25) is 9.48 Å². The number of anilines is 1. The van der Waals surface area contributed by atoms with Crippen molar-refractivity contribution < 1.29 is 4.79 Å². The van der Waals surface area contributed by atoms with Gasteiger partial charge in [0.1, 0.15) is 5.69 Å². The molecule has 0 bridgehead atoms. The van der Waals surface area contributed by atoms with Crippen LogP contribution in [0.25, 0.3) is 0 Å². The van der Waals surface area contributed by atoms with Crippen molar-refractivity contribution in [3.05, 3.63) is 11.9 Å². The molecule has 1 aromatic heterocycles. The van der Waals surface area contributed by atoms with Gasteiger partial charge in [-0.1, -0.05) is 0 Å². The maximum atomic E-state index is 12.3. The molecule has 1 aromatic rings. The van der Waals surface area contributed by atoms with Crippen molar-refractivity contribution in [2.75, 3.05) is 32.9 Å². The highest BCUT2D eigenvalue weighted by molar-refractivity contribution is 5.97. The fourth-order valence-corrected chi connectivity index (χ4v) is 2.21. The Balaban J connectivity index is 2.12. The molecule has 1 amide bonds. The predicted octanol–water partition coefficient (Wildman–Crippen LogP) is -0.222. The minimum Gasteiger partial charge on any atom is -0.396 e. The maximum absolute atomic E-state index is 12.3. The highest BCUT2D eigenvalue weighted by Crippen LogP contribution is 2.18. The molecule has 1 saturated heterocycles. The largest absolute Gasteiger partial charge is 0.396 e. The van der Waals surface area contributed by atoms with Gasteiger partial charge in [0, 0.05) is 26.2 Å². The molecule has 94 valence electrons. The fourth-order valence-electron chi connectivity index (χ4n) is 2.21. The number of hydrogen-bond donors (Lipinski definition) is 1. The zero-order chi connectivity index (χ0) is 12.6. The van der Waals surface area contributed by atoms with E-state index in [1.807, 2.05) is 19.0 Å². The minimum absolute atomic E-state index is 0.0214. The number of likely N-dealkylation sites (N-methyl/N-ethyl adjacent to an activating group) is 1. The molecule has 2 heterocycles. The molecule has 2 N–H and O–H groups in total. The van der Waals surface area contributed by atoms with E-state index in [1.165, 1.54) is 6.20 Å². The van der Waals surface area contributed by atoms with Gasteiger partial charge in [0.15, 0.2) is 0 Å². The van der Waals surface area contributed by atoms with Gasteiger partial charge in [0.05, 0.1) is 11.9 Å². The molecule has 2 rings (SSSR count). The molecule has 1 atom stereocenters.